The molecule has 1 amide bonds. The average molecular weight is 708 g/mol. The largest absolute Gasteiger partial charge is 0.497 e. The van der Waals surface area contributed by atoms with Gasteiger partial charge in [-0.3, -0.25) is 14.5 Å². The van der Waals surface area contributed by atoms with Gasteiger partial charge in [-0.1, -0.05) is 18.2 Å². The topological polar surface area (TPSA) is 91.8 Å². The third-order valence-electron chi connectivity index (χ3n) is 10.9. The summed E-state index contributed by atoms with van der Waals surface area (Å²) in [7, 11) is 6.40. The van der Waals surface area contributed by atoms with Crippen molar-refractivity contribution in [3.63, 3.8) is 0 Å². The molecule has 1 aliphatic carbocycles. The first-order valence-electron chi connectivity index (χ1n) is 17.3. The number of carboxylic acid groups (broad SMARTS) is 1. The summed E-state index contributed by atoms with van der Waals surface area (Å²) in [4.78, 5) is 31.1. The lowest BCUT2D eigenvalue weighted by Gasteiger charge is -2.35. The van der Waals surface area contributed by atoms with Gasteiger partial charge < -0.3 is 29.1 Å². The molecule has 0 unspecified atom stereocenters. The van der Waals surface area contributed by atoms with Gasteiger partial charge in [0, 0.05) is 77.4 Å². The molecule has 5 rings (SSSR count). The van der Waals surface area contributed by atoms with Crippen LogP contribution in [0.2, 0.25) is 0 Å². The number of rotatable bonds is 13. The molecule has 2 saturated heterocycles. The summed E-state index contributed by atoms with van der Waals surface area (Å²) in [5, 5.41) is 9.11. The highest BCUT2D eigenvalue weighted by atomic mass is 19.4. The molecule has 2 aliphatic heterocycles. The van der Waals surface area contributed by atoms with E-state index in [1.165, 1.54) is 13.2 Å². The van der Waals surface area contributed by atoms with E-state index in [0.29, 0.717) is 35.5 Å². The van der Waals surface area contributed by atoms with Crippen LogP contribution < -0.4 is 9.64 Å². The molecule has 276 valence electrons. The smallest absolute Gasteiger partial charge is 0.416 e. The first-order valence-corrected chi connectivity index (χ1v) is 17.3. The van der Waals surface area contributed by atoms with Crippen LogP contribution in [-0.2, 0) is 25.2 Å². The van der Waals surface area contributed by atoms with E-state index in [-0.39, 0.29) is 51.2 Å². The summed E-state index contributed by atoms with van der Waals surface area (Å²) in [5.74, 6) is -2.15. The molecule has 3 aliphatic rings. The fraction of sp³-hybridized carbons (Fsp3) is 0.622. The van der Waals surface area contributed by atoms with E-state index in [9.17, 15) is 22.8 Å². The first kappa shape index (κ1) is 37.8. The summed E-state index contributed by atoms with van der Waals surface area (Å²) in [6, 6.07) is 10.3. The second kappa shape index (κ2) is 15.9. The van der Waals surface area contributed by atoms with Gasteiger partial charge in [0.1, 0.15) is 5.75 Å². The molecule has 3 fully saturated rings. The van der Waals surface area contributed by atoms with Gasteiger partial charge in [0.15, 0.2) is 0 Å². The van der Waals surface area contributed by atoms with Gasteiger partial charge in [0.2, 0.25) is 5.67 Å². The second-order valence-electron chi connectivity index (χ2n) is 14.0. The Kier molecular flexibility index (Phi) is 12.0. The monoisotopic (exact) mass is 707 g/mol. The highest BCUT2D eigenvalue weighted by molar-refractivity contribution is 5.88. The number of carbonyl (C=O) groups excluding carboxylic acids is 1. The van der Waals surface area contributed by atoms with E-state index < -0.39 is 47.2 Å². The molecule has 1 N–H and O–H groups in total. The molecule has 1 saturated carbocycles. The van der Waals surface area contributed by atoms with Crippen LogP contribution in [0.5, 0.6) is 5.75 Å². The Labute approximate surface area is 291 Å². The van der Waals surface area contributed by atoms with Crippen molar-refractivity contribution >= 4 is 17.6 Å². The molecular formula is C37H49F4N3O6. The predicted octanol–water partition coefficient (Wildman–Crippen LogP) is 6.11. The summed E-state index contributed by atoms with van der Waals surface area (Å²) in [6.07, 6.45) is -0.521. The minimum Gasteiger partial charge on any atom is -0.497 e. The molecule has 0 radical (unpaired) electrons. The van der Waals surface area contributed by atoms with Crippen LogP contribution in [0.3, 0.4) is 0 Å². The summed E-state index contributed by atoms with van der Waals surface area (Å²) in [6.45, 7) is 0.766. The maximum Gasteiger partial charge on any atom is 0.416 e. The molecule has 0 spiro atoms. The Balaban J connectivity index is 1.46. The number of methoxy groups -OCH3 is 3. The highest BCUT2D eigenvalue weighted by Gasteiger charge is 2.58. The van der Waals surface area contributed by atoms with Crippen molar-refractivity contribution in [3.05, 3.63) is 59.2 Å². The Morgan fingerprint density at radius 2 is 1.72 bits per heavy atom. The van der Waals surface area contributed by atoms with Crippen molar-refractivity contribution in [2.75, 3.05) is 66.1 Å². The van der Waals surface area contributed by atoms with Gasteiger partial charge in [-0.2, -0.15) is 13.2 Å². The third-order valence-corrected chi connectivity index (χ3v) is 10.9. The van der Waals surface area contributed by atoms with Gasteiger partial charge >= 0.3 is 12.1 Å². The lowest BCUT2D eigenvalue weighted by Crippen LogP contribution is -2.53. The van der Waals surface area contributed by atoms with E-state index in [1.54, 1.807) is 43.2 Å². The zero-order chi connectivity index (χ0) is 36.2. The highest BCUT2D eigenvalue weighted by Crippen LogP contribution is 2.46. The number of carbonyl (C=O) groups is 2. The van der Waals surface area contributed by atoms with Crippen molar-refractivity contribution in [1.29, 1.82) is 0 Å². The number of aliphatic carboxylic acids is 1. The van der Waals surface area contributed by atoms with Gasteiger partial charge in [0.05, 0.1) is 31.4 Å². The molecule has 2 aromatic rings. The number of hydrogen-bond donors (Lipinski definition) is 1. The Morgan fingerprint density at radius 3 is 2.32 bits per heavy atom. The van der Waals surface area contributed by atoms with Crippen molar-refractivity contribution in [2.24, 2.45) is 0 Å². The number of halogens is 4. The van der Waals surface area contributed by atoms with Crippen LogP contribution in [0.4, 0.5) is 23.2 Å². The van der Waals surface area contributed by atoms with E-state index in [1.807, 2.05) is 12.1 Å². The lowest BCUT2D eigenvalue weighted by atomic mass is 9.85. The molecule has 4 atom stereocenters. The number of benzene rings is 2. The van der Waals surface area contributed by atoms with Crippen LogP contribution in [0.15, 0.2) is 42.5 Å². The Bertz CT molecular complexity index is 1470. The molecule has 13 heteroatoms. The zero-order valence-electron chi connectivity index (χ0n) is 29.3. The SMILES string of the molecule is COC[C@@H]1C[C@@H](c2ccc(C(F)(F)F)cc2N(C)CCCC(=O)O)CN1C(=O)[C@]1(F)CN([C@H]2CC[C@H](OC)CC2)C[C@H]1c1ccc(OC)cc1. The maximum atomic E-state index is 17.9. The van der Waals surface area contributed by atoms with Crippen molar-refractivity contribution in [1.82, 2.24) is 9.80 Å². The maximum absolute atomic E-state index is 17.9. The summed E-state index contributed by atoms with van der Waals surface area (Å²) < 4.78 is 75.8. The van der Waals surface area contributed by atoms with Gasteiger partial charge in [0.25, 0.3) is 5.91 Å². The number of hydrogen-bond acceptors (Lipinski definition) is 7. The van der Waals surface area contributed by atoms with E-state index in [2.05, 4.69) is 4.90 Å². The lowest BCUT2D eigenvalue weighted by molar-refractivity contribution is -0.146. The van der Waals surface area contributed by atoms with E-state index in [0.717, 1.165) is 37.8 Å². The number of carboxylic acids is 1. The molecule has 50 heavy (non-hydrogen) atoms. The van der Waals surface area contributed by atoms with Crippen LogP contribution in [0.25, 0.3) is 0 Å². The second-order valence-corrected chi connectivity index (χ2v) is 14.0. The number of nitrogens with zero attached hydrogens (tertiary/aromatic N) is 3. The minimum atomic E-state index is -4.58. The predicted molar refractivity (Wildman–Crippen MR) is 181 cm³/mol. The van der Waals surface area contributed by atoms with Crippen molar-refractivity contribution in [3.8, 4) is 5.75 Å². The van der Waals surface area contributed by atoms with Crippen molar-refractivity contribution < 1.29 is 46.5 Å². The zero-order valence-corrected chi connectivity index (χ0v) is 29.3. The normalized spacial score (nSPS) is 27.4. The third kappa shape index (κ3) is 8.21. The number of likely N-dealkylation sites (tertiary alicyclic amines) is 2. The Morgan fingerprint density at radius 1 is 1.02 bits per heavy atom. The van der Waals surface area contributed by atoms with Crippen LogP contribution in [0.1, 0.15) is 73.5 Å². The molecule has 2 aromatic carbocycles. The molecule has 0 aromatic heterocycles. The van der Waals surface area contributed by atoms with E-state index in [4.69, 9.17) is 19.3 Å². The summed E-state index contributed by atoms with van der Waals surface area (Å²) >= 11 is 0. The number of alkyl halides is 4. The average Bonchev–Trinajstić information content (AvgIpc) is 3.69. The van der Waals surface area contributed by atoms with Crippen molar-refractivity contribution in [2.45, 2.75) is 86.8 Å². The number of anilines is 1. The molecular weight excluding hydrogens is 658 g/mol. The van der Waals surface area contributed by atoms with Gasteiger partial charge in [-0.25, -0.2) is 4.39 Å². The Hall–Kier alpha value is -3.42. The molecule has 0 bridgehead atoms. The van der Waals surface area contributed by atoms with Crippen LogP contribution >= 0.6 is 0 Å². The quantitative estimate of drug-likeness (QED) is 0.250. The van der Waals surface area contributed by atoms with E-state index >= 15 is 4.39 Å². The number of ether oxygens (including phenoxy) is 3. The fourth-order valence-electron chi connectivity index (χ4n) is 8.16. The first-order chi connectivity index (χ1) is 23.8. The summed E-state index contributed by atoms with van der Waals surface area (Å²) in [5.41, 5.74) is -1.48. The minimum absolute atomic E-state index is 0.0659. The fourth-order valence-corrected chi connectivity index (χ4v) is 8.16. The number of amides is 1. The molecule has 9 nitrogen and oxygen atoms in total. The van der Waals surface area contributed by atoms with Gasteiger partial charge in [-0.15, -0.1) is 0 Å². The van der Waals surface area contributed by atoms with Crippen LogP contribution in [-0.4, -0.2) is 112 Å². The standard InChI is InChI=1S/C37H49F4N3O6/c1-42(17-5-6-34(45)46)33-19-26(37(39,40)41)9-16-31(33)25-18-28(22-48-2)44(20-25)35(47)36(38)23-43(27-10-14-30(50-4)15-11-27)21-32(36)24-7-12-29(49-3)13-8-24/h7-9,12-13,16,19,25,27-28,30,32H,5-6,10-11,14-15,17-18,20-23H2,1-4H3,(H,45,46)/t25-,27-,28+,30-,32+,36+/m1/s1. The molecule has 2 heterocycles. The van der Waals surface area contributed by atoms with Crippen LogP contribution in [0, 0.1) is 0 Å². The van der Waals surface area contributed by atoms with Gasteiger partial charge in [-0.05, 0) is 73.9 Å².